The zero-order chi connectivity index (χ0) is 21.6. The molecule has 0 fully saturated rings. The maximum absolute atomic E-state index is 5.39. The predicted molar refractivity (Wildman–Crippen MR) is 136 cm³/mol. The minimum absolute atomic E-state index is 0.327. The molecule has 0 radical (unpaired) electrons. The molecule has 0 bridgehead atoms. The van der Waals surface area contributed by atoms with Gasteiger partial charge in [-0.3, -0.25) is 0 Å². The Morgan fingerprint density at radius 1 is 0.455 bits per heavy atom. The normalized spacial score (nSPS) is 14.3. The van der Waals surface area contributed by atoms with E-state index in [4.69, 9.17) is 4.98 Å². The van der Waals surface area contributed by atoms with Crippen LogP contribution in [-0.4, -0.2) is 4.98 Å². The molecule has 2 aliphatic rings. The molecule has 0 unspecified atom stereocenters. The first-order valence-electron chi connectivity index (χ1n) is 11.5. The first kappa shape index (κ1) is 17.3. The number of aromatic nitrogens is 1. The number of hydrogen-bond donors (Lipinski definition) is 0. The van der Waals surface area contributed by atoms with E-state index in [1.54, 1.807) is 0 Å². The highest BCUT2D eigenvalue weighted by atomic mass is 14.7. The smallest absolute Gasteiger partial charge is 0.0788 e. The summed E-state index contributed by atoms with van der Waals surface area (Å²) in [4.78, 5) is 5.39. The average molecular weight is 418 g/mol. The maximum Gasteiger partial charge on any atom is 0.0788 e. The summed E-state index contributed by atoms with van der Waals surface area (Å²) in [5, 5.41) is 3.64. The van der Waals surface area contributed by atoms with Crippen LogP contribution in [-0.2, 0) is 5.41 Å². The molecule has 1 heteroatoms. The lowest BCUT2D eigenvalue weighted by Crippen LogP contribution is -2.25. The Balaban J connectivity index is 1.60. The molecule has 1 heterocycles. The van der Waals surface area contributed by atoms with Gasteiger partial charge >= 0.3 is 0 Å². The summed E-state index contributed by atoms with van der Waals surface area (Å²) in [5.74, 6) is 0. The summed E-state index contributed by atoms with van der Waals surface area (Å²) in [6.45, 7) is 0. The van der Waals surface area contributed by atoms with Gasteiger partial charge in [0.1, 0.15) is 0 Å². The minimum atomic E-state index is -0.327. The molecule has 6 aromatic rings. The van der Waals surface area contributed by atoms with E-state index in [1.165, 1.54) is 55.1 Å². The Morgan fingerprint density at radius 2 is 1.00 bits per heavy atom. The first-order valence-corrected chi connectivity index (χ1v) is 11.5. The molecular weight excluding hydrogens is 398 g/mol. The van der Waals surface area contributed by atoms with Crippen LogP contribution in [0.2, 0.25) is 0 Å². The van der Waals surface area contributed by atoms with Crippen LogP contribution in [0.3, 0.4) is 0 Å². The molecule has 33 heavy (non-hydrogen) atoms. The molecule has 152 valence electrons. The fourth-order valence-electron chi connectivity index (χ4n) is 6.38. The van der Waals surface area contributed by atoms with Crippen LogP contribution in [0, 0.1) is 0 Å². The zero-order valence-corrected chi connectivity index (χ0v) is 17.9. The third-order valence-corrected chi connectivity index (χ3v) is 7.65. The Bertz CT molecular complexity index is 1730. The van der Waals surface area contributed by atoms with Gasteiger partial charge in [-0.15, -0.1) is 0 Å². The Hall–Kier alpha value is -4.23. The van der Waals surface area contributed by atoms with Gasteiger partial charge in [0.2, 0.25) is 0 Å². The molecule has 0 saturated heterocycles. The highest BCUT2D eigenvalue weighted by molar-refractivity contribution is 6.07. The molecule has 1 aromatic heterocycles. The van der Waals surface area contributed by atoms with Gasteiger partial charge in [0.05, 0.1) is 16.6 Å². The summed E-state index contributed by atoms with van der Waals surface area (Å²) < 4.78 is 0. The summed E-state index contributed by atoms with van der Waals surface area (Å²) >= 11 is 0. The Kier molecular flexibility index (Phi) is 3.13. The molecule has 0 amide bonds. The van der Waals surface area contributed by atoms with Gasteiger partial charge < -0.3 is 0 Å². The van der Waals surface area contributed by atoms with Crippen LogP contribution in [0.1, 0.15) is 22.3 Å². The number of fused-ring (bicyclic) bond motifs is 13. The van der Waals surface area contributed by atoms with Crippen LogP contribution in [0.15, 0.2) is 115 Å². The number of pyridine rings is 1. The van der Waals surface area contributed by atoms with E-state index in [9.17, 15) is 0 Å². The van der Waals surface area contributed by atoms with E-state index in [0.717, 1.165) is 11.2 Å². The molecule has 5 aromatic carbocycles. The van der Waals surface area contributed by atoms with Crippen molar-refractivity contribution in [2.24, 2.45) is 0 Å². The Morgan fingerprint density at radius 3 is 1.73 bits per heavy atom. The number of benzene rings is 5. The van der Waals surface area contributed by atoms with Crippen molar-refractivity contribution in [2.75, 3.05) is 0 Å². The van der Waals surface area contributed by atoms with Crippen LogP contribution < -0.4 is 0 Å². The van der Waals surface area contributed by atoms with E-state index in [0.29, 0.717) is 0 Å². The molecule has 1 spiro atoms. The summed E-state index contributed by atoms with van der Waals surface area (Å²) in [6, 6.07) is 42.1. The van der Waals surface area contributed by atoms with Gasteiger partial charge in [-0.25, -0.2) is 4.98 Å². The van der Waals surface area contributed by atoms with Gasteiger partial charge in [0.15, 0.2) is 0 Å². The van der Waals surface area contributed by atoms with Gasteiger partial charge in [0, 0.05) is 16.3 Å². The standard InChI is InChI=1S/C32H19N/c1-2-10-22-20(9-1)17-18-21-19-29-31(33-30(21)22)25-13-5-8-16-28(25)32(29)26-14-6-3-11-23(26)24-12-4-7-15-27(24)32/h1-19H. The van der Waals surface area contributed by atoms with Crippen molar-refractivity contribution in [1.29, 1.82) is 0 Å². The summed E-state index contributed by atoms with van der Waals surface area (Å²) in [6.07, 6.45) is 0. The third-order valence-electron chi connectivity index (χ3n) is 7.65. The third kappa shape index (κ3) is 1.97. The maximum atomic E-state index is 5.39. The zero-order valence-electron chi connectivity index (χ0n) is 17.9. The summed E-state index contributed by atoms with van der Waals surface area (Å²) in [7, 11) is 0. The lowest BCUT2D eigenvalue weighted by Gasteiger charge is -2.30. The molecule has 0 N–H and O–H groups in total. The van der Waals surface area contributed by atoms with Crippen LogP contribution >= 0.6 is 0 Å². The molecule has 0 atom stereocenters. The monoisotopic (exact) mass is 417 g/mol. The SMILES string of the molecule is c1ccc2c(c1)-c1ccccc1C21c2ccccc2-c2nc3c(ccc4ccccc43)cc21. The first-order chi connectivity index (χ1) is 16.4. The second kappa shape index (κ2) is 5.96. The van der Waals surface area contributed by atoms with E-state index in [-0.39, 0.29) is 5.41 Å². The second-order valence-corrected chi connectivity index (χ2v) is 9.13. The fourth-order valence-corrected chi connectivity index (χ4v) is 6.38. The van der Waals surface area contributed by atoms with Crippen LogP contribution in [0.25, 0.3) is 44.1 Å². The second-order valence-electron chi connectivity index (χ2n) is 9.13. The topological polar surface area (TPSA) is 12.9 Å². The molecular formula is C32H19N. The predicted octanol–water partition coefficient (Wildman–Crippen LogP) is 7.73. The van der Waals surface area contributed by atoms with Gasteiger partial charge in [-0.05, 0) is 44.8 Å². The van der Waals surface area contributed by atoms with Crippen LogP contribution in [0.4, 0.5) is 0 Å². The van der Waals surface area contributed by atoms with E-state index < -0.39 is 0 Å². The highest BCUT2D eigenvalue weighted by Gasteiger charge is 2.52. The quantitative estimate of drug-likeness (QED) is 0.230. The van der Waals surface area contributed by atoms with Crippen molar-refractivity contribution in [3.63, 3.8) is 0 Å². The summed E-state index contributed by atoms with van der Waals surface area (Å²) in [5.41, 5.74) is 11.1. The van der Waals surface area contributed by atoms with Crippen molar-refractivity contribution in [1.82, 2.24) is 4.98 Å². The van der Waals surface area contributed by atoms with Crippen molar-refractivity contribution in [3.8, 4) is 22.4 Å². The lowest BCUT2D eigenvalue weighted by atomic mass is 9.70. The average Bonchev–Trinajstić information content (AvgIpc) is 3.35. The minimum Gasteiger partial charge on any atom is -0.247 e. The van der Waals surface area contributed by atoms with Gasteiger partial charge in [-0.2, -0.15) is 0 Å². The van der Waals surface area contributed by atoms with Gasteiger partial charge in [-0.1, -0.05) is 109 Å². The fraction of sp³-hybridized carbons (Fsp3) is 0.0312. The molecule has 1 nitrogen and oxygen atoms in total. The largest absolute Gasteiger partial charge is 0.247 e. The highest BCUT2D eigenvalue weighted by Crippen LogP contribution is 2.62. The van der Waals surface area contributed by atoms with E-state index in [1.807, 2.05) is 0 Å². The Labute approximate surface area is 192 Å². The van der Waals surface area contributed by atoms with Crippen molar-refractivity contribution in [3.05, 3.63) is 138 Å². The van der Waals surface area contributed by atoms with Crippen molar-refractivity contribution < 1.29 is 0 Å². The van der Waals surface area contributed by atoms with Crippen molar-refractivity contribution in [2.45, 2.75) is 5.41 Å². The number of hydrogen-bond acceptors (Lipinski definition) is 1. The molecule has 0 aliphatic heterocycles. The number of nitrogens with zero attached hydrogens (tertiary/aromatic N) is 1. The van der Waals surface area contributed by atoms with E-state index >= 15 is 0 Å². The van der Waals surface area contributed by atoms with E-state index in [2.05, 4.69) is 115 Å². The lowest BCUT2D eigenvalue weighted by molar-refractivity contribution is 0.793. The van der Waals surface area contributed by atoms with Crippen LogP contribution in [0.5, 0.6) is 0 Å². The molecule has 8 rings (SSSR count). The number of rotatable bonds is 0. The molecule has 2 aliphatic carbocycles. The van der Waals surface area contributed by atoms with Crippen molar-refractivity contribution >= 4 is 21.7 Å². The molecule has 0 saturated carbocycles. The van der Waals surface area contributed by atoms with Gasteiger partial charge in [0.25, 0.3) is 0 Å².